The summed E-state index contributed by atoms with van der Waals surface area (Å²) in [5.74, 6) is 0.451. The summed E-state index contributed by atoms with van der Waals surface area (Å²) in [5, 5.41) is 6.92. The Kier molecular flexibility index (Phi) is 5.90. The lowest BCUT2D eigenvalue weighted by Gasteiger charge is -2.41. The van der Waals surface area contributed by atoms with E-state index in [1.165, 1.54) is 5.56 Å². The molecule has 0 aromatic heterocycles. The highest BCUT2D eigenvalue weighted by Gasteiger charge is 2.47. The molecule has 2 aromatic rings. The van der Waals surface area contributed by atoms with Gasteiger partial charge in [0, 0.05) is 35.8 Å². The Balaban J connectivity index is 1.38. The molecule has 2 heterocycles. The van der Waals surface area contributed by atoms with Gasteiger partial charge in [0.2, 0.25) is 5.91 Å². The summed E-state index contributed by atoms with van der Waals surface area (Å²) < 4.78 is 0. The molecule has 3 unspecified atom stereocenters. The van der Waals surface area contributed by atoms with Gasteiger partial charge >= 0.3 is 0 Å². The maximum atomic E-state index is 13.9. The number of amides is 2. The molecule has 2 aromatic carbocycles. The quantitative estimate of drug-likeness (QED) is 0.733. The van der Waals surface area contributed by atoms with Crippen LogP contribution in [0.3, 0.4) is 0 Å². The van der Waals surface area contributed by atoms with Gasteiger partial charge in [0.15, 0.2) is 0 Å². The van der Waals surface area contributed by atoms with E-state index in [9.17, 15) is 9.59 Å². The van der Waals surface area contributed by atoms with Crippen molar-refractivity contribution in [2.24, 2.45) is 11.8 Å². The van der Waals surface area contributed by atoms with Crippen LogP contribution in [-0.2, 0) is 4.79 Å². The van der Waals surface area contributed by atoms with Crippen molar-refractivity contribution in [3.8, 4) is 0 Å². The minimum absolute atomic E-state index is 0.0761. The predicted octanol–water partition coefficient (Wildman–Crippen LogP) is 4.77. The molecule has 0 bridgehead atoms. The molecule has 5 heteroatoms. The lowest BCUT2D eigenvalue weighted by atomic mass is 9.80. The first-order chi connectivity index (χ1) is 15.7. The highest BCUT2D eigenvalue weighted by Crippen LogP contribution is 2.48. The van der Waals surface area contributed by atoms with Crippen molar-refractivity contribution in [1.82, 2.24) is 10.2 Å². The Hall–Kier alpha value is -2.82. The molecule has 2 amide bonds. The molecule has 168 valence electrons. The van der Waals surface area contributed by atoms with Crippen molar-refractivity contribution >= 4 is 17.5 Å². The van der Waals surface area contributed by atoms with Crippen LogP contribution in [-0.4, -0.2) is 35.3 Å². The Morgan fingerprint density at radius 2 is 1.75 bits per heavy atom. The summed E-state index contributed by atoms with van der Waals surface area (Å²) in [5.41, 5.74) is 3.06. The first kappa shape index (κ1) is 21.0. The minimum Gasteiger partial charge on any atom is -0.382 e. The Morgan fingerprint density at radius 3 is 2.56 bits per heavy atom. The summed E-state index contributed by atoms with van der Waals surface area (Å²) in [7, 11) is 0. The van der Waals surface area contributed by atoms with E-state index in [-0.39, 0.29) is 29.8 Å². The lowest BCUT2D eigenvalue weighted by molar-refractivity contribution is -0.138. The van der Waals surface area contributed by atoms with E-state index in [0.29, 0.717) is 17.5 Å². The Labute approximate surface area is 190 Å². The third-order valence-corrected chi connectivity index (χ3v) is 7.74. The molecule has 2 N–H and O–H groups in total. The highest BCUT2D eigenvalue weighted by molar-refractivity contribution is 5.94. The average molecular weight is 432 g/mol. The van der Waals surface area contributed by atoms with Crippen LogP contribution in [0.15, 0.2) is 54.6 Å². The summed E-state index contributed by atoms with van der Waals surface area (Å²) >= 11 is 0. The van der Waals surface area contributed by atoms with E-state index in [2.05, 4.69) is 46.7 Å². The van der Waals surface area contributed by atoms with Crippen molar-refractivity contribution < 1.29 is 9.59 Å². The predicted molar refractivity (Wildman–Crippen MR) is 126 cm³/mol. The zero-order valence-corrected chi connectivity index (χ0v) is 18.8. The van der Waals surface area contributed by atoms with Crippen LogP contribution in [0.25, 0.3) is 0 Å². The molecule has 5 nitrogen and oxygen atoms in total. The standard InChI is InChI=1S/C27H33N3O2/c1-2-22-20-16-17-30(25(20)19-12-6-8-14-23(19)28-22)27(32)21-13-7-9-15-24(21)29-26(31)18-10-4-3-5-11-18/h3-6,8,10-12,14,20-22,24-25,28H,2,7,9,13,15-17H2,1H3,(H,29,31)/t20?,21-,22?,24+,25?/m0/s1. The molecule has 1 saturated carbocycles. The fourth-order valence-electron chi connectivity index (χ4n) is 6.13. The van der Waals surface area contributed by atoms with Crippen molar-refractivity contribution in [2.45, 2.75) is 63.6 Å². The molecule has 5 rings (SSSR count). The number of rotatable bonds is 4. The maximum Gasteiger partial charge on any atom is 0.251 e. The molecule has 32 heavy (non-hydrogen) atoms. The van der Waals surface area contributed by atoms with Gasteiger partial charge in [0.1, 0.15) is 0 Å². The normalized spacial score (nSPS) is 28.9. The van der Waals surface area contributed by atoms with E-state index in [4.69, 9.17) is 0 Å². The van der Waals surface area contributed by atoms with Crippen LogP contribution in [0.2, 0.25) is 0 Å². The molecule has 3 aliphatic rings. The van der Waals surface area contributed by atoms with Gasteiger partial charge in [-0.05, 0) is 49.4 Å². The Bertz CT molecular complexity index is 976. The summed E-state index contributed by atoms with van der Waals surface area (Å²) in [6, 6.07) is 18.2. The van der Waals surface area contributed by atoms with Gasteiger partial charge in [-0.3, -0.25) is 9.59 Å². The monoisotopic (exact) mass is 431 g/mol. The van der Waals surface area contributed by atoms with Gasteiger partial charge < -0.3 is 15.5 Å². The molecule has 1 aliphatic carbocycles. The van der Waals surface area contributed by atoms with E-state index >= 15 is 0 Å². The molecule has 2 fully saturated rings. The molecule has 0 spiro atoms. The zero-order valence-electron chi connectivity index (χ0n) is 18.8. The van der Waals surface area contributed by atoms with Gasteiger partial charge in [-0.15, -0.1) is 0 Å². The number of nitrogens with zero attached hydrogens (tertiary/aromatic N) is 1. The fraction of sp³-hybridized carbons (Fsp3) is 0.481. The average Bonchev–Trinajstić information content (AvgIpc) is 3.29. The second kappa shape index (κ2) is 8.97. The maximum absolute atomic E-state index is 13.9. The summed E-state index contributed by atoms with van der Waals surface area (Å²) in [4.78, 5) is 28.9. The molecular weight excluding hydrogens is 398 g/mol. The number of benzene rings is 2. The first-order valence-electron chi connectivity index (χ1n) is 12.2. The number of hydrogen-bond acceptors (Lipinski definition) is 3. The highest BCUT2D eigenvalue weighted by atomic mass is 16.2. The second-order valence-electron chi connectivity index (χ2n) is 9.51. The molecule has 5 atom stereocenters. The van der Waals surface area contributed by atoms with Crippen LogP contribution in [0.5, 0.6) is 0 Å². The number of hydrogen-bond donors (Lipinski definition) is 2. The van der Waals surface area contributed by atoms with Gasteiger partial charge in [-0.25, -0.2) is 0 Å². The van der Waals surface area contributed by atoms with Crippen molar-refractivity contribution in [1.29, 1.82) is 0 Å². The van der Waals surface area contributed by atoms with Crippen molar-refractivity contribution in [3.05, 3.63) is 65.7 Å². The second-order valence-corrected chi connectivity index (χ2v) is 9.51. The van der Waals surface area contributed by atoms with Gasteiger partial charge in [0.05, 0.1) is 12.0 Å². The van der Waals surface area contributed by atoms with E-state index < -0.39 is 0 Å². The number of anilines is 1. The van der Waals surface area contributed by atoms with Crippen LogP contribution in [0.1, 0.15) is 67.4 Å². The van der Waals surface area contributed by atoms with Crippen LogP contribution in [0, 0.1) is 11.8 Å². The number of likely N-dealkylation sites (tertiary alicyclic amines) is 1. The molecule has 1 saturated heterocycles. The van der Waals surface area contributed by atoms with E-state index in [1.807, 2.05) is 30.3 Å². The molecular formula is C27H33N3O2. The number of fused-ring (bicyclic) bond motifs is 3. The SMILES string of the molecule is CCC1Nc2ccccc2C2C1CCN2C(=O)[C@H]1CCCC[C@H]1NC(=O)c1ccccc1. The summed E-state index contributed by atoms with van der Waals surface area (Å²) in [6.07, 6.45) is 5.91. The third kappa shape index (κ3) is 3.78. The van der Waals surface area contributed by atoms with Gasteiger partial charge in [0.25, 0.3) is 5.91 Å². The lowest BCUT2D eigenvalue weighted by Crippen LogP contribution is -2.50. The van der Waals surface area contributed by atoms with E-state index in [1.54, 1.807) is 0 Å². The molecule has 0 radical (unpaired) electrons. The molecule has 2 aliphatic heterocycles. The van der Waals surface area contributed by atoms with Crippen LogP contribution in [0.4, 0.5) is 5.69 Å². The fourth-order valence-corrected chi connectivity index (χ4v) is 6.13. The minimum atomic E-state index is -0.141. The van der Waals surface area contributed by atoms with Gasteiger partial charge in [-0.1, -0.05) is 56.2 Å². The number of nitrogens with one attached hydrogen (secondary N) is 2. The summed E-state index contributed by atoms with van der Waals surface area (Å²) in [6.45, 7) is 3.03. The Morgan fingerprint density at radius 1 is 1.00 bits per heavy atom. The number of carbonyl (C=O) groups is 2. The van der Waals surface area contributed by atoms with E-state index in [0.717, 1.165) is 50.8 Å². The zero-order chi connectivity index (χ0) is 22.1. The number of para-hydroxylation sites is 1. The van der Waals surface area contributed by atoms with Gasteiger partial charge in [-0.2, -0.15) is 0 Å². The topological polar surface area (TPSA) is 61.4 Å². The van der Waals surface area contributed by atoms with Crippen LogP contribution >= 0.6 is 0 Å². The van der Waals surface area contributed by atoms with Crippen LogP contribution < -0.4 is 10.6 Å². The smallest absolute Gasteiger partial charge is 0.251 e. The van der Waals surface area contributed by atoms with Crippen molar-refractivity contribution in [2.75, 3.05) is 11.9 Å². The first-order valence-corrected chi connectivity index (χ1v) is 12.2. The number of carbonyl (C=O) groups excluding carboxylic acids is 2. The third-order valence-electron chi connectivity index (χ3n) is 7.74. The van der Waals surface area contributed by atoms with Crippen molar-refractivity contribution in [3.63, 3.8) is 0 Å². The largest absolute Gasteiger partial charge is 0.382 e.